The smallest absolute Gasteiger partial charge is 0.230 e. The first-order valence-corrected chi connectivity index (χ1v) is 9.29. The van der Waals surface area contributed by atoms with Gasteiger partial charge in [0.1, 0.15) is 0 Å². The Hall–Kier alpha value is -1.76. The van der Waals surface area contributed by atoms with Gasteiger partial charge in [-0.3, -0.25) is 4.79 Å². The minimum atomic E-state index is -0.446. The maximum Gasteiger partial charge on any atom is 0.230 e. The predicted octanol–water partition coefficient (Wildman–Crippen LogP) is 1.74. The van der Waals surface area contributed by atoms with Crippen LogP contribution in [-0.2, 0) is 4.79 Å². The van der Waals surface area contributed by atoms with Crippen molar-refractivity contribution in [1.29, 1.82) is 0 Å². The van der Waals surface area contributed by atoms with Crippen molar-refractivity contribution in [2.75, 3.05) is 24.5 Å². The van der Waals surface area contributed by atoms with E-state index in [-0.39, 0.29) is 23.5 Å². The lowest BCUT2D eigenvalue weighted by molar-refractivity contribution is -0.139. The first kappa shape index (κ1) is 16.7. The molecule has 136 valence electrons. The fourth-order valence-corrected chi connectivity index (χ4v) is 4.72. The van der Waals surface area contributed by atoms with Gasteiger partial charge in [-0.05, 0) is 44.9 Å². The molecule has 7 heteroatoms. The lowest BCUT2D eigenvalue weighted by atomic mass is 9.78. The number of hydrogen-bond acceptors (Lipinski definition) is 5. The minimum absolute atomic E-state index is 0.205. The fourth-order valence-electron chi connectivity index (χ4n) is 4.72. The third-order valence-corrected chi connectivity index (χ3v) is 6.12. The van der Waals surface area contributed by atoms with E-state index in [1.54, 1.807) is 0 Å². The summed E-state index contributed by atoms with van der Waals surface area (Å²) in [5.41, 5.74) is -0.355. The number of hydrogen-bond donors (Lipinski definition) is 1. The zero-order valence-corrected chi connectivity index (χ0v) is 14.4. The molecule has 3 aliphatic rings. The second kappa shape index (κ2) is 6.52. The van der Waals surface area contributed by atoms with Crippen LogP contribution in [0, 0.1) is 11.2 Å². The number of amides is 1. The Bertz CT molecular complexity index is 632. The van der Waals surface area contributed by atoms with E-state index in [9.17, 15) is 14.3 Å². The number of aliphatic hydroxyl groups is 1. The van der Waals surface area contributed by atoms with Gasteiger partial charge in [0.15, 0.2) is 5.82 Å². The number of carbonyl (C=O) groups is 1. The van der Waals surface area contributed by atoms with Crippen molar-refractivity contribution >= 4 is 11.9 Å². The van der Waals surface area contributed by atoms with Crippen molar-refractivity contribution in [3.05, 3.63) is 18.2 Å². The molecule has 1 spiro atoms. The lowest BCUT2D eigenvalue weighted by Crippen LogP contribution is -2.50. The Labute approximate surface area is 147 Å². The third-order valence-electron chi connectivity index (χ3n) is 6.12. The van der Waals surface area contributed by atoms with Gasteiger partial charge in [0.2, 0.25) is 11.9 Å². The highest BCUT2D eigenvalue weighted by atomic mass is 19.1. The van der Waals surface area contributed by atoms with Crippen LogP contribution in [0.1, 0.15) is 44.9 Å². The number of rotatable bonds is 2. The number of anilines is 1. The van der Waals surface area contributed by atoms with Gasteiger partial charge in [0, 0.05) is 25.7 Å². The molecular weight excluding hydrogens is 323 g/mol. The van der Waals surface area contributed by atoms with Gasteiger partial charge in [-0.15, -0.1) is 0 Å². The fraction of sp³-hybridized carbons (Fsp3) is 0.722. The zero-order chi connectivity index (χ0) is 17.4. The highest BCUT2D eigenvalue weighted by Gasteiger charge is 2.50. The van der Waals surface area contributed by atoms with E-state index in [0.717, 1.165) is 58.0 Å². The number of aliphatic hydroxyl groups excluding tert-OH is 1. The molecule has 0 aromatic carbocycles. The number of nitrogens with zero attached hydrogens (tertiary/aromatic N) is 4. The van der Waals surface area contributed by atoms with E-state index in [0.29, 0.717) is 12.5 Å². The minimum Gasteiger partial charge on any atom is -0.393 e. The van der Waals surface area contributed by atoms with Crippen LogP contribution >= 0.6 is 0 Å². The zero-order valence-electron chi connectivity index (χ0n) is 14.4. The molecule has 0 unspecified atom stereocenters. The molecule has 1 aromatic heterocycles. The molecule has 3 fully saturated rings. The molecule has 2 aliphatic heterocycles. The normalized spacial score (nSPS) is 33.3. The average Bonchev–Trinajstić information content (AvgIpc) is 2.93. The summed E-state index contributed by atoms with van der Waals surface area (Å²) in [5.74, 6) is 0.311. The molecule has 4 rings (SSSR count). The van der Waals surface area contributed by atoms with Gasteiger partial charge in [-0.25, -0.2) is 14.4 Å². The van der Waals surface area contributed by atoms with Crippen molar-refractivity contribution < 1.29 is 14.3 Å². The standard InChI is InChI=1S/C18H25FN4O2/c19-13-10-20-17(21-11-13)22-8-1-6-18(12-22)7-9-23(16(18)25)14-2-4-15(24)5-3-14/h10-11,14-15,24H,1-9,12H2/t14?,15?,18-/m0/s1. The number of likely N-dealkylation sites (tertiary alicyclic amines) is 1. The SMILES string of the molecule is O=C1N(C2CCC(O)CC2)CC[C@]12CCCN(c1ncc(F)cn1)C2. The maximum atomic E-state index is 13.2. The highest BCUT2D eigenvalue weighted by molar-refractivity contribution is 5.86. The summed E-state index contributed by atoms with van der Waals surface area (Å²) in [5, 5.41) is 9.71. The van der Waals surface area contributed by atoms with E-state index in [1.165, 1.54) is 12.4 Å². The predicted molar refractivity (Wildman–Crippen MR) is 90.5 cm³/mol. The van der Waals surface area contributed by atoms with E-state index in [2.05, 4.69) is 14.9 Å². The number of piperidine rings is 1. The van der Waals surface area contributed by atoms with Crippen LogP contribution in [0.25, 0.3) is 0 Å². The molecule has 1 N–H and O–H groups in total. The molecule has 3 heterocycles. The molecule has 1 amide bonds. The first-order chi connectivity index (χ1) is 12.1. The Morgan fingerprint density at radius 2 is 1.84 bits per heavy atom. The van der Waals surface area contributed by atoms with Crippen molar-refractivity contribution in [1.82, 2.24) is 14.9 Å². The van der Waals surface area contributed by atoms with E-state index >= 15 is 0 Å². The van der Waals surface area contributed by atoms with Gasteiger partial charge in [0.05, 0.1) is 23.9 Å². The van der Waals surface area contributed by atoms with Gasteiger partial charge in [0.25, 0.3) is 0 Å². The summed E-state index contributed by atoms with van der Waals surface area (Å²) in [6.45, 7) is 2.22. The number of carbonyl (C=O) groups excluding carboxylic acids is 1. The molecule has 2 saturated heterocycles. The molecule has 1 aliphatic carbocycles. The van der Waals surface area contributed by atoms with E-state index < -0.39 is 5.82 Å². The van der Waals surface area contributed by atoms with Crippen molar-refractivity contribution in [3.8, 4) is 0 Å². The van der Waals surface area contributed by atoms with Crippen LogP contribution in [0.2, 0.25) is 0 Å². The Balaban J connectivity index is 1.48. The second-order valence-corrected chi connectivity index (χ2v) is 7.72. The van der Waals surface area contributed by atoms with E-state index in [1.807, 2.05) is 4.90 Å². The molecule has 25 heavy (non-hydrogen) atoms. The monoisotopic (exact) mass is 348 g/mol. The largest absolute Gasteiger partial charge is 0.393 e. The highest BCUT2D eigenvalue weighted by Crippen LogP contribution is 2.43. The molecule has 6 nitrogen and oxygen atoms in total. The summed E-state index contributed by atoms with van der Waals surface area (Å²) in [4.78, 5) is 25.5. The van der Waals surface area contributed by atoms with Gasteiger partial charge >= 0.3 is 0 Å². The van der Waals surface area contributed by atoms with Crippen LogP contribution in [0.5, 0.6) is 0 Å². The second-order valence-electron chi connectivity index (χ2n) is 7.72. The van der Waals surface area contributed by atoms with Gasteiger partial charge in [-0.2, -0.15) is 0 Å². The lowest BCUT2D eigenvalue weighted by Gasteiger charge is -2.40. The van der Waals surface area contributed by atoms with Gasteiger partial charge in [-0.1, -0.05) is 0 Å². The summed E-state index contributed by atoms with van der Waals surface area (Å²) >= 11 is 0. The number of halogens is 1. The van der Waals surface area contributed by atoms with Crippen LogP contribution in [-0.4, -0.2) is 57.7 Å². The Kier molecular flexibility index (Phi) is 4.35. The topological polar surface area (TPSA) is 69.6 Å². The summed E-state index contributed by atoms with van der Waals surface area (Å²) in [6.07, 6.45) is 8.21. The quantitative estimate of drug-likeness (QED) is 0.882. The van der Waals surface area contributed by atoms with Crippen LogP contribution in [0.3, 0.4) is 0 Å². The Morgan fingerprint density at radius 3 is 2.56 bits per heavy atom. The average molecular weight is 348 g/mol. The van der Waals surface area contributed by atoms with Crippen LogP contribution in [0.4, 0.5) is 10.3 Å². The van der Waals surface area contributed by atoms with Crippen molar-refractivity contribution in [2.24, 2.45) is 5.41 Å². The van der Waals surface area contributed by atoms with Crippen molar-refractivity contribution in [2.45, 2.75) is 57.1 Å². The molecular formula is C18H25FN4O2. The first-order valence-electron chi connectivity index (χ1n) is 9.29. The van der Waals surface area contributed by atoms with E-state index in [4.69, 9.17) is 0 Å². The molecule has 0 radical (unpaired) electrons. The molecule has 1 saturated carbocycles. The molecule has 1 atom stereocenters. The van der Waals surface area contributed by atoms with Crippen molar-refractivity contribution in [3.63, 3.8) is 0 Å². The van der Waals surface area contributed by atoms with Gasteiger partial charge < -0.3 is 14.9 Å². The van der Waals surface area contributed by atoms with Crippen LogP contribution < -0.4 is 4.90 Å². The van der Waals surface area contributed by atoms with Crippen LogP contribution in [0.15, 0.2) is 12.4 Å². The summed E-state index contributed by atoms with van der Waals surface area (Å²) in [7, 11) is 0. The summed E-state index contributed by atoms with van der Waals surface area (Å²) < 4.78 is 13.1. The Morgan fingerprint density at radius 1 is 1.12 bits per heavy atom. The summed E-state index contributed by atoms with van der Waals surface area (Å²) in [6, 6.07) is 0.271. The third kappa shape index (κ3) is 3.10. The molecule has 0 bridgehead atoms. The number of aromatic nitrogens is 2. The molecule has 1 aromatic rings. The maximum absolute atomic E-state index is 13.2.